The lowest BCUT2D eigenvalue weighted by Gasteiger charge is -2.22. The number of nitrogens with one attached hydrogen (secondary N) is 1. The lowest BCUT2D eigenvalue weighted by Crippen LogP contribution is -2.35. The molecule has 0 aliphatic rings. The Morgan fingerprint density at radius 3 is 2.15 bits per heavy atom. The molecule has 0 aliphatic heterocycles. The first-order chi connectivity index (χ1) is 12.2. The van der Waals surface area contributed by atoms with Gasteiger partial charge in [-0.25, -0.2) is 0 Å². The van der Waals surface area contributed by atoms with Crippen LogP contribution in [-0.4, -0.2) is 12.1 Å². The van der Waals surface area contributed by atoms with E-state index in [1.54, 1.807) is 18.2 Å². The normalized spacial score (nSPS) is 11.5. The topological polar surface area (TPSA) is 30.5 Å². The number of benzene rings is 2. The Morgan fingerprint density at radius 1 is 0.885 bits per heavy atom. The zero-order valence-electron chi connectivity index (χ0n) is 15.5. The second-order valence-corrected chi connectivity index (χ2v) is 8.20. The minimum absolute atomic E-state index is 0.00436. The predicted octanol–water partition coefficient (Wildman–Crippen LogP) is 6.51. The number of rotatable bonds is 7. The van der Waals surface area contributed by atoms with Crippen molar-refractivity contribution in [3.8, 4) is 11.5 Å². The van der Waals surface area contributed by atoms with Gasteiger partial charge < -0.3 is 14.8 Å². The minimum atomic E-state index is -0.00436. The van der Waals surface area contributed by atoms with Crippen molar-refractivity contribution in [2.45, 2.75) is 46.4 Å². The van der Waals surface area contributed by atoms with E-state index in [-0.39, 0.29) is 5.54 Å². The third-order valence-electron chi connectivity index (χ3n) is 3.62. The summed E-state index contributed by atoms with van der Waals surface area (Å²) in [6.07, 6.45) is 0. The van der Waals surface area contributed by atoms with Gasteiger partial charge >= 0.3 is 0 Å². The monoisotopic (exact) mass is 415 g/mol. The summed E-state index contributed by atoms with van der Waals surface area (Å²) in [6, 6.07) is 9.02. The zero-order valence-corrected chi connectivity index (χ0v) is 17.7. The van der Waals surface area contributed by atoms with Crippen molar-refractivity contribution < 1.29 is 9.47 Å². The van der Waals surface area contributed by atoms with E-state index < -0.39 is 0 Å². The average molecular weight is 417 g/mol. The van der Waals surface area contributed by atoms with Crippen LogP contribution >= 0.6 is 34.8 Å². The van der Waals surface area contributed by atoms with Gasteiger partial charge in [-0.05, 0) is 51.5 Å². The van der Waals surface area contributed by atoms with Crippen LogP contribution in [0.2, 0.25) is 15.1 Å². The average Bonchev–Trinajstić information content (AvgIpc) is 2.54. The summed E-state index contributed by atoms with van der Waals surface area (Å²) in [5.41, 5.74) is 1.80. The van der Waals surface area contributed by atoms with E-state index in [0.717, 1.165) is 11.1 Å². The van der Waals surface area contributed by atoms with Crippen molar-refractivity contribution in [3.05, 3.63) is 56.5 Å². The van der Waals surface area contributed by atoms with Gasteiger partial charge in [-0.1, -0.05) is 40.9 Å². The molecule has 0 amide bonds. The molecule has 0 fully saturated rings. The van der Waals surface area contributed by atoms with E-state index in [0.29, 0.717) is 46.3 Å². The first kappa shape index (κ1) is 21.2. The molecule has 2 rings (SSSR count). The van der Waals surface area contributed by atoms with Crippen LogP contribution in [-0.2, 0) is 13.2 Å². The SMILES string of the molecule is CCOc1cc(CNC(C)(C)C)c(Cl)cc1OCc1ccc(Cl)cc1Cl. The first-order valence-corrected chi connectivity index (χ1v) is 9.60. The number of ether oxygens (including phenoxy) is 2. The van der Waals surface area contributed by atoms with Crippen molar-refractivity contribution in [2.24, 2.45) is 0 Å². The molecule has 6 heteroatoms. The Kier molecular flexibility index (Phi) is 7.48. The molecule has 0 atom stereocenters. The molecule has 3 nitrogen and oxygen atoms in total. The van der Waals surface area contributed by atoms with Crippen LogP contribution in [0, 0.1) is 0 Å². The molecule has 2 aromatic carbocycles. The Hall–Kier alpha value is -1.13. The van der Waals surface area contributed by atoms with Gasteiger partial charge in [0, 0.05) is 38.8 Å². The molecule has 0 spiro atoms. The lowest BCUT2D eigenvalue weighted by atomic mass is 10.1. The van der Waals surface area contributed by atoms with Crippen molar-refractivity contribution in [1.29, 1.82) is 0 Å². The van der Waals surface area contributed by atoms with Crippen molar-refractivity contribution in [3.63, 3.8) is 0 Å². The fourth-order valence-corrected chi connectivity index (χ4v) is 2.93. The van der Waals surface area contributed by atoms with Crippen LogP contribution in [0.25, 0.3) is 0 Å². The molecule has 142 valence electrons. The highest BCUT2D eigenvalue weighted by Gasteiger charge is 2.15. The lowest BCUT2D eigenvalue weighted by molar-refractivity contribution is 0.269. The number of hydrogen-bond acceptors (Lipinski definition) is 3. The molecule has 1 N–H and O–H groups in total. The Balaban J connectivity index is 2.20. The van der Waals surface area contributed by atoms with E-state index in [4.69, 9.17) is 44.3 Å². The molecule has 2 aromatic rings. The van der Waals surface area contributed by atoms with Gasteiger partial charge in [-0.3, -0.25) is 0 Å². The van der Waals surface area contributed by atoms with Gasteiger partial charge in [0.1, 0.15) is 6.61 Å². The van der Waals surface area contributed by atoms with Gasteiger partial charge in [0.2, 0.25) is 0 Å². The van der Waals surface area contributed by atoms with E-state index in [1.165, 1.54) is 0 Å². The van der Waals surface area contributed by atoms with E-state index in [2.05, 4.69) is 26.1 Å². The van der Waals surface area contributed by atoms with Crippen LogP contribution in [0.3, 0.4) is 0 Å². The van der Waals surface area contributed by atoms with Gasteiger partial charge in [-0.15, -0.1) is 0 Å². The van der Waals surface area contributed by atoms with Crippen molar-refractivity contribution >= 4 is 34.8 Å². The largest absolute Gasteiger partial charge is 0.490 e. The molecule has 0 radical (unpaired) electrons. The fraction of sp³-hybridized carbons (Fsp3) is 0.400. The number of halogens is 3. The van der Waals surface area contributed by atoms with E-state index in [9.17, 15) is 0 Å². The summed E-state index contributed by atoms with van der Waals surface area (Å²) in [5.74, 6) is 1.25. The summed E-state index contributed by atoms with van der Waals surface area (Å²) in [5, 5.41) is 5.21. The third kappa shape index (κ3) is 6.24. The summed E-state index contributed by atoms with van der Waals surface area (Å²) in [7, 11) is 0. The number of hydrogen-bond donors (Lipinski definition) is 1. The molecule has 0 unspecified atom stereocenters. The smallest absolute Gasteiger partial charge is 0.163 e. The summed E-state index contributed by atoms with van der Waals surface area (Å²) >= 11 is 18.6. The zero-order chi connectivity index (χ0) is 19.3. The summed E-state index contributed by atoms with van der Waals surface area (Å²) < 4.78 is 11.7. The Labute approximate surface area is 170 Å². The maximum atomic E-state index is 6.45. The molecule has 0 saturated carbocycles. The molecule has 0 saturated heterocycles. The maximum absolute atomic E-state index is 6.45. The molecule has 0 aliphatic carbocycles. The van der Waals surface area contributed by atoms with Crippen LogP contribution in [0.4, 0.5) is 0 Å². The van der Waals surface area contributed by atoms with E-state index in [1.807, 2.05) is 19.1 Å². The molecule has 26 heavy (non-hydrogen) atoms. The minimum Gasteiger partial charge on any atom is -0.490 e. The molecule has 0 bridgehead atoms. The highest BCUT2D eigenvalue weighted by Crippen LogP contribution is 2.35. The second-order valence-electron chi connectivity index (χ2n) is 6.95. The van der Waals surface area contributed by atoms with Crippen LogP contribution in [0.1, 0.15) is 38.8 Å². The second kappa shape index (κ2) is 9.18. The fourth-order valence-electron chi connectivity index (χ4n) is 2.25. The van der Waals surface area contributed by atoms with Gasteiger partial charge in [-0.2, -0.15) is 0 Å². The molecular weight excluding hydrogens is 393 g/mol. The first-order valence-electron chi connectivity index (χ1n) is 8.46. The molecular formula is C20H24Cl3NO2. The van der Waals surface area contributed by atoms with Crippen molar-refractivity contribution in [2.75, 3.05) is 6.61 Å². The summed E-state index contributed by atoms with van der Waals surface area (Å²) in [4.78, 5) is 0. The molecule has 0 aromatic heterocycles. The molecule has 0 heterocycles. The quantitative estimate of drug-likeness (QED) is 0.558. The third-order valence-corrected chi connectivity index (χ3v) is 4.56. The van der Waals surface area contributed by atoms with Gasteiger partial charge in [0.15, 0.2) is 11.5 Å². The Morgan fingerprint density at radius 2 is 1.54 bits per heavy atom. The van der Waals surface area contributed by atoms with Crippen LogP contribution < -0.4 is 14.8 Å². The maximum Gasteiger partial charge on any atom is 0.163 e. The standard InChI is InChI=1S/C20H24Cl3NO2/c1-5-25-18-8-14(11-24-20(2,3)4)17(23)10-19(18)26-12-13-6-7-15(21)9-16(13)22/h6-10,24H,5,11-12H2,1-4H3. The highest BCUT2D eigenvalue weighted by molar-refractivity contribution is 6.35. The van der Waals surface area contributed by atoms with Gasteiger partial charge in [0.25, 0.3) is 0 Å². The van der Waals surface area contributed by atoms with Gasteiger partial charge in [0.05, 0.1) is 6.61 Å². The van der Waals surface area contributed by atoms with Crippen LogP contribution in [0.5, 0.6) is 11.5 Å². The predicted molar refractivity (Wildman–Crippen MR) is 110 cm³/mol. The summed E-state index contributed by atoms with van der Waals surface area (Å²) in [6.45, 7) is 9.73. The van der Waals surface area contributed by atoms with Crippen LogP contribution in [0.15, 0.2) is 30.3 Å². The highest BCUT2D eigenvalue weighted by atomic mass is 35.5. The van der Waals surface area contributed by atoms with Crippen molar-refractivity contribution in [1.82, 2.24) is 5.32 Å². The van der Waals surface area contributed by atoms with E-state index >= 15 is 0 Å². The Bertz CT molecular complexity index is 757.